The zero-order valence-electron chi connectivity index (χ0n) is 16.7. The number of nitrogens with one attached hydrogen (secondary N) is 1. The van der Waals surface area contributed by atoms with Crippen LogP contribution in [0, 0.1) is 24.1 Å². The first-order chi connectivity index (χ1) is 14.2. The van der Waals surface area contributed by atoms with Gasteiger partial charge in [-0.25, -0.2) is 4.39 Å². The van der Waals surface area contributed by atoms with Crippen molar-refractivity contribution in [1.29, 1.82) is 5.26 Å². The summed E-state index contributed by atoms with van der Waals surface area (Å²) in [6.45, 7) is 5.56. The van der Waals surface area contributed by atoms with E-state index in [0.29, 0.717) is 40.9 Å². The van der Waals surface area contributed by atoms with Crippen LogP contribution in [0.15, 0.2) is 30.3 Å². The van der Waals surface area contributed by atoms with Gasteiger partial charge in [0.1, 0.15) is 11.4 Å². The number of hydrogen-bond acceptors (Lipinski definition) is 4. The Balaban J connectivity index is 1.82. The van der Waals surface area contributed by atoms with Gasteiger partial charge in [-0.1, -0.05) is 0 Å². The van der Waals surface area contributed by atoms with Crippen molar-refractivity contribution >= 4 is 40.5 Å². The lowest BCUT2D eigenvalue weighted by Crippen LogP contribution is -2.45. The molecule has 0 aromatic heterocycles. The van der Waals surface area contributed by atoms with Crippen LogP contribution >= 0.6 is 12.2 Å². The fourth-order valence-corrected chi connectivity index (χ4v) is 4.45. The Kier molecular flexibility index (Phi) is 4.59. The molecule has 2 amide bonds. The Morgan fingerprint density at radius 2 is 1.97 bits per heavy atom. The Hall–Kier alpha value is -3.31. The lowest BCUT2D eigenvalue weighted by Gasteiger charge is -2.31. The van der Waals surface area contributed by atoms with Gasteiger partial charge in [0.2, 0.25) is 0 Å². The summed E-state index contributed by atoms with van der Waals surface area (Å²) in [5.41, 5.74) is 1.65. The fraction of sp³-hybridized carbons (Fsp3) is 0.273. The third-order valence-corrected chi connectivity index (χ3v) is 5.96. The molecule has 0 aliphatic carbocycles. The Morgan fingerprint density at radius 3 is 2.63 bits per heavy atom. The fourth-order valence-electron chi connectivity index (χ4n) is 3.94. The number of hydrogen-bond donors (Lipinski definition) is 1. The number of benzene rings is 2. The van der Waals surface area contributed by atoms with Gasteiger partial charge in [0.15, 0.2) is 5.11 Å². The van der Waals surface area contributed by atoms with Crippen molar-refractivity contribution < 1.29 is 14.0 Å². The molecule has 0 spiro atoms. The summed E-state index contributed by atoms with van der Waals surface area (Å²) in [6.07, 6.45) is 0.543. The second kappa shape index (κ2) is 6.89. The van der Waals surface area contributed by atoms with E-state index >= 15 is 4.39 Å². The number of anilines is 2. The minimum absolute atomic E-state index is 0.0852. The van der Waals surface area contributed by atoms with Crippen molar-refractivity contribution in [3.05, 3.63) is 58.4 Å². The second-order valence-electron chi connectivity index (χ2n) is 7.90. The predicted molar refractivity (Wildman–Crippen MR) is 115 cm³/mol. The number of rotatable bonds is 2. The lowest BCUT2D eigenvalue weighted by molar-refractivity contribution is -0.120. The van der Waals surface area contributed by atoms with Gasteiger partial charge in [-0.15, -0.1) is 0 Å². The molecule has 0 radical (unpaired) electrons. The maximum absolute atomic E-state index is 15.1. The smallest absolute Gasteiger partial charge is 0.259 e. The Morgan fingerprint density at radius 1 is 1.23 bits per heavy atom. The molecule has 2 aliphatic rings. The molecule has 0 unspecified atom stereocenters. The summed E-state index contributed by atoms with van der Waals surface area (Å²) in [5.74, 6) is -1.13. The van der Waals surface area contributed by atoms with Crippen molar-refractivity contribution in [3.8, 4) is 6.07 Å². The van der Waals surface area contributed by atoms with Crippen molar-refractivity contribution in [2.24, 2.45) is 0 Å². The number of aryl methyl sites for hydroxylation is 1. The number of carbonyl (C=O) groups is 2. The van der Waals surface area contributed by atoms with E-state index in [0.717, 1.165) is 0 Å². The molecule has 1 saturated heterocycles. The highest BCUT2D eigenvalue weighted by Crippen LogP contribution is 2.39. The van der Waals surface area contributed by atoms with E-state index in [9.17, 15) is 9.59 Å². The van der Waals surface area contributed by atoms with Crippen LogP contribution in [0.4, 0.5) is 15.8 Å². The minimum Gasteiger partial charge on any atom is -0.352 e. The second-order valence-corrected chi connectivity index (χ2v) is 8.26. The number of nitriles is 1. The molecule has 30 heavy (non-hydrogen) atoms. The van der Waals surface area contributed by atoms with Crippen LogP contribution in [-0.2, 0) is 11.2 Å². The van der Waals surface area contributed by atoms with Crippen LogP contribution in [0.25, 0.3) is 0 Å². The molecule has 1 N–H and O–H groups in total. The monoisotopic (exact) mass is 422 g/mol. The molecular weight excluding hydrogens is 403 g/mol. The summed E-state index contributed by atoms with van der Waals surface area (Å²) in [6, 6.07) is 9.88. The number of carbonyl (C=O) groups excluding carboxylic acids is 2. The molecule has 0 bridgehead atoms. The molecule has 2 aliphatic heterocycles. The van der Waals surface area contributed by atoms with Gasteiger partial charge in [-0.2, -0.15) is 5.26 Å². The van der Waals surface area contributed by atoms with Gasteiger partial charge in [-0.05, 0) is 80.9 Å². The van der Waals surface area contributed by atoms with E-state index in [2.05, 4.69) is 11.4 Å². The Labute approximate surface area is 178 Å². The highest BCUT2D eigenvalue weighted by Gasteiger charge is 2.51. The quantitative estimate of drug-likeness (QED) is 0.752. The molecule has 152 valence electrons. The molecule has 8 heteroatoms. The maximum Gasteiger partial charge on any atom is 0.259 e. The van der Waals surface area contributed by atoms with Crippen LogP contribution in [0.2, 0.25) is 0 Å². The molecule has 1 fully saturated rings. The molecule has 4 rings (SSSR count). The van der Waals surface area contributed by atoms with Crippen LogP contribution in [0.1, 0.15) is 40.9 Å². The molecule has 2 aromatic carbocycles. The highest BCUT2D eigenvalue weighted by atomic mass is 32.1. The normalized spacial score (nSPS) is 17.6. The van der Waals surface area contributed by atoms with Gasteiger partial charge in [0, 0.05) is 12.1 Å². The van der Waals surface area contributed by atoms with E-state index < -0.39 is 11.4 Å². The zero-order chi connectivity index (χ0) is 21.8. The average molecular weight is 422 g/mol. The van der Waals surface area contributed by atoms with Gasteiger partial charge < -0.3 is 10.2 Å². The van der Waals surface area contributed by atoms with E-state index in [4.69, 9.17) is 17.5 Å². The zero-order valence-corrected chi connectivity index (χ0v) is 17.6. The molecule has 0 saturated carbocycles. The SMILES string of the molecule is Cc1cc(N2C(=O)C(C)(C)N(c3cc4c(cc3F)CCNC4=O)C2=S)ccc1C#N. The topological polar surface area (TPSA) is 76.4 Å². The summed E-state index contributed by atoms with van der Waals surface area (Å²) >= 11 is 5.60. The molecule has 2 aromatic rings. The number of fused-ring (bicyclic) bond motifs is 1. The van der Waals surface area contributed by atoms with Gasteiger partial charge in [0.25, 0.3) is 11.8 Å². The van der Waals surface area contributed by atoms with Crippen LogP contribution in [0.3, 0.4) is 0 Å². The van der Waals surface area contributed by atoms with Gasteiger partial charge in [0.05, 0.1) is 23.0 Å². The number of amides is 2. The summed E-state index contributed by atoms with van der Waals surface area (Å²) in [4.78, 5) is 28.4. The molecular formula is C22H19FN4O2S. The average Bonchev–Trinajstić information content (AvgIpc) is 2.86. The molecule has 2 heterocycles. The first-order valence-corrected chi connectivity index (χ1v) is 9.87. The first kappa shape index (κ1) is 20.0. The minimum atomic E-state index is -1.17. The third-order valence-electron chi connectivity index (χ3n) is 5.59. The van der Waals surface area contributed by atoms with Crippen LogP contribution in [0.5, 0.6) is 0 Å². The largest absolute Gasteiger partial charge is 0.352 e. The van der Waals surface area contributed by atoms with Gasteiger partial charge in [-0.3, -0.25) is 14.5 Å². The van der Waals surface area contributed by atoms with E-state index in [1.54, 1.807) is 39.0 Å². The lowest BCUT2D eigenvalue weighted by atomic mass is 9.97. The Bertz CT molecular complexity index is 1170. The maximum atomic E-state index is 15.1. The van der Waals surface area contributed by atoms with Crippen LogP contribution in [-0.4, -0.2) is 29.0 Å². The summed E-state index contributed by atoms with van der Waals surface area (Å²) in [5, 5.41) is 12.0. The van der Waals surface area contributed by atoms with E-state index in [1.807, 2.05) is 0 Å². The van der Waals surface area contributed by atoms with E-state index in [1.165, 1.54) is 21.9 Å². The van der Waals surface area contributed by atoms with E-state index in [-0.39, 0.29) is 22.6 Å². The van der Waals surface area contributed by atoms with Gasteiger partial charge >= 0.3 is 0 Å². The molecule has 0 atom stereocenters. The first-order valence-electron chi connectivity index (χ1n) is 9.47. The van der Waals surface area contributed by atoms with Crippen molar-refractivity contribution in [2.75, 3.05) is 16.3 Å². The van der Waals surface area contributed by atoms with Crippen molar-refractivity contribution in [3.63, 3.8) is 0 Å². The summed E-state index contributed by atoms with van der Waals surface area (Å²) in [7, 11) is 0. The standard InChI is InChI=1S/C22H19FN4O2S/c1-12-8-15(5-4-14(12)11-24)26-20(29)22(2,3)27(21(26)30)18-10-16-13(9-17(18)23)6-7-25-19(16)28/h4-5,8-10H,6-7H2,1-3H3,(H,25,28). The predicted octanol–water partition coefficient (Wildman–Crippen LogP) is 3.21. The number of thiocarbonyl (C=S) groups is 1. The van der Waals surface area contributed by atoms with Crippen molar-refractivity contribution in [2.45, 2.75) is 32.7 Å². The van der Waals surface area contributed by atoms with Crippen molar-refractivity contribution in [1.82, 2.24) is 5.32 Å². The highest BCUT2D eigenvalue weighted by molar-refractivity contribution is 7.81. The summed E-state index contributed by atoms with van der Waals surface area (Å²) < 4.78 is 15.1. The third kappa shape index (κ3) is 2.85. The molecule has 6 nitrogen and oxygen atoms in total. The van der Waals surface area contributed by atoms with Crippen LogP contribution < -0.4 is 15.1 Å². The number of nitrogens with zero attached hydrogens (tertiary/aromatic N) is 3. The number of halogens is 1.